The third-order valence-electron chi connectivity index (χ3n) is 5.63. The molecule has 1 aromatic heterocycles. The Hall–Kier alpha value is -2.81. The van der Waals surface area contributed by atoms with Crippen LogP contribution in [0.5, 0.6) is 5.75 Å². The third kappa shape index (κ3) is 3.42. The Kier molecular flexibility index (Phi) is 4.39. The second kappa shape index (κ2) is 6.73. The molecule has 27 heavy (non-hydrogen) atoms. The lowest BCUT2D eigenvalue weighted by Gasteiger charge is -2.37. The molecule has 6 heteroatoms. The van der Waals surface area contributed by atoms with E-state index in [0.29, 0.717) is 24.7 Å². The van der Waals surface area contributed by atoms with Gasteiger partial charge in [0.15, 0.2) is 11.4 Å². The number of anilines is 1. The van der Waals surface area contributed by atoms with Crippen LogP contribution in [-0.2, 0) is 12.8 Å². The van der Waals surface area contributed by atoms with Crippen LogP contribution in [0.3, 0.4) is 0 Å². The summed E-state index contributed by atoms with van der Waals surface area (Å²) in [5.41, 5.74) is 2.24. The van der Waals surface area contributed by atoms with Crippen molar-refractivity contribution in [3.05, 3.63) is 51.1 Å². The average molecular weight is 364 g/mol. The van der Waals surface area contributed by atoms with Crippen molar-refractivity contribution in [1.82, 2.24) is 9.97 Å². The quantitative estimate of drug-likeness (QED) is 0.906. The van der Waals surface area contributed by atoms with Crippen molar-refractivity contribution in [2.45, 2.75) is 39.5 Å². The predicted octanol–water partition coefficient (Wildman–Crippen LogP) is 2.79. The maximum Gasteiger partial charge on any atom is 0.271 e. The van der Waals surface area contributed by atoms with E-state index in [4.69, 9.17) is 4.74 Å². The first-order valence-corrected chi connectivity index (χ1v) is 9.49. The van der Waals surface area contributed by atoms with Gasteiger partial charge >= 0.3 is 0 Å². The highest BCUT2D eigenvalue weighted by molar-refractivity contribution is 5.54. The van der Waals surface area contributed by atoms with E-state index < -0.39 is 0 Å². The van der Waals surface area contributed by atoms with Gasteiger partial charge < -0.3 is 14.6 Å². The van der Waals surface area contributed by atoms with Gasteiger partial charge in [-0.25, -0.2) is 4.98 Å². The Morgan fingerprint density at radius 1 is 1.33 bits per heavy atom. The van der Waals surface area contributed by atoms with Gasteiger partial charge in [0.05, 0.1) is 6.61 Å². The molecule has 0 radical (unpaired) electrons. The van der Waals surface area contributed by atoms with Crippen molar-refractivity contribution < 1.29 is 4.74 Å². The van der Waals surface area contributed by atoms with Crippen molar-refractivity contribution in [3.8, 4) is 11.8 Å². The highest BCUT2D eigenvalue weighted by atomic mass is 16.5. The van der Waals surface area contributed by atoms with Crippen molar-refractivity contribution in [2.75, 3.05) is 24.6 Å². The van der Waals surface area contributed by atoms with Crippen molar-refractivity contribution in [3.63, 3.8) is 0 Å². The summed E-state index contributed by atoms with van der Waals surface area (Å²) in [6, 6.07) is 8.13. The number of para-hydroxylation sites is 1. The summed E-state index contributed by atoms with van der Waals surface area (Å²) < 4.78 is 5.76. The molecule has 0 aliphatic carbocycles. The van der Waals surface area contributed by atoms with Crippen LogP contribution in [0.4, 0.5) is 5.82 Å². The smallest absolute Gasteiger partial charge is 0.271 e. The Bertz CT molecular complexity index is 961. The predicted molar refractivity (Wildman–Crippen MR) is 103 cm³/mol. The zero-order valence-corrected chi connectivity index (χ0v) is 15.8. The lowest BCUT2D eigenvalue weighted by Crippen LogP contribution is -2.39. The zero-order valence-electron chi connectivity index (χ0n) is 15.8. The number of aromatic amines is 1. The van der Waals surface area contributed by atoms with Crippen LogP contribution >= 0.6 is 0 Å². The first-order chi connectivity index (χ1) is 13.0. The second-order valence-corrected chi connectivity index (χ2v) is 8.15. The third-order valence-corrected chi connectivity index (χ3v) is 5.63. The Morgan fingerprint density at radius 3 is 2.85 bits per heavy atom. The summed E-state index contributed by atoms with van der Waals surface area (Å²) in [4.78, 5) is 22.1. The topological polar surface area (TPSA) is 82.0 Å². The number of H-pyrrole nitrogens is 1. The Balaban J connectivity index is 1.68. The standard InChI is InChI=1S/C21H24N4O2/c1-21(2)7-9-25(10-8-21)19-16(13-22)20(26)24-17(23-19)12-15-5-3-4-14-6-11-27-18(14)15/h3-5H,6-12H2,1-2H3,(H,23,24,26). The van der Waals surface area contributed by atoms with Crippen molar-refractivity contribution in [2.24, 2.45) is 5.41 Å². The van der Waals surface area contributed by atoms with E-state index in [1.54, 1.807) is 0 Å². The van der Waals surface area contributed by atoms with Gasteiger partial charge in [-0.05, 0) is 23.8 Å². The lowest BCUT2D eigenvalue weighted by molar-refractivity contribution is 0.279. The van der Waals surface area contributed by atoms with E-state index in [9.17, 15) is 10.1 Å². The number of benzene rings is 1. The van der Waals surface area contributed by atoms with Crippen LogP contribution < -0.4 is 15.2 Å². The van der Waals surface area contributed by atoms with Crippen LogP contribution in [0, 0.1) is 16.7 Å². The van der Waals surface area contributed by atoms with Gasteiger partial charge in [0.25, 0.3) is 5.56 Å². The molecule has 0 amide bonds. The summed E-state index contributed by atoms with van der Waals surface area (Å²) in [5, 5.41) is 9.48. The fourth-order valence-corrected chi connectivity index (χ4v) is 3.85. The maximum absolute atomic E-state index is 12.5. The summed E-state index contributed by atoms with van der Waals surface area (Å²) in [6.45, 7) is 6.81. The number of rotatable bonds is 3. The van der Waals surface area contributed by atoms with Crippen LogP contribution in [0.25, 0.3) is 0 Å². The largest absolute Gasteiger partial charge is 0.493 e. The first kappa shape index (κ1) is 17.6. The molecule has 0 atom stereocenters. The molecule has 0 bridgehead atoms. The molecule has 1 N–H and O–H groups in total. The maximum atomic E-state index is 12.5. The molecular formula is C21H24N4O2. The van der Waals surface area contributed by atoms with E-state index in [1.165, 1.54) is 5.56 Å². The van der Waals surface area contributed by atoms with Gasteiger partial charge in [0.1, 0.15) is 17.6 Å². The molecule has 1 fully saturated rings. The number of nitrogens with zero attached hydrogens (tertiary/aromatic N) is 3. The van der Waals surface area contributed by atoms with Crippen LogP contribution in [0.2, 0.25) is 0 Å². The van der Waals surface area contributed by atoms with E-state index >= 15 is 0 Å². The molecule has 6 nitrogen and oxygen atoms in total. The first-order valence-electron chi connectivity index (χ1n) is 9.49. The number of hydrogen-bond acceptors (Lipinski definition) is 5. The van der Waals surface area contributed by atoms with Gasteiger partial charge in [-0.3, -0.25) is 4.79 Å². The molecule has 2 aliphatic rings. The number of aromatic nitrogens is 2. The van der Waals surface area contributed by atoms with Crippen LogP contribution in [0.15, 0.2) is 23.0 Å². The minimum absolute atomic E-state index is 0.105. The normalized spacial score (nSPS) is 17.9. The molecule has 0 unspecified atom stereocenters. The average Bonchev–Trinajstić information content (AvgIpc) is 3.11. The molecule has 2 aromatic rings. The Morgan fingerprint density at radius 2 is 2.11 bits per heavy atom. The number of piperidine rings is 1. The van der Waals surface area contributed by atoms with E-state index in [-0.39, 0.29) is 16.5 Å². The SMILES string of the molecule is CC1(C)CCN(c2nc(Cc3cccc4c3OCC4)[nH]c(=O)c2C#N)CC1. The van der Waals surface area contributed by atoms with Gasteiger partial charge in [-0.1, -0.05) is 32.0 Å². The molecule has 2 aliphatic heterocycles. The molecule has 0 saturated carbocycles. The van der Waals surface area contributed by atoms with Crippen LogP contribution in [-0.4, -0.2) is 29.7 Å². The van der Waals surface area contributed by atoms with E-state index in [1.807, 2.05) is 18.2 Å². The van der Waals surface area contributed by atoms with Gasteiger partial charge in [-0.2, -0.15) is 5.26 Å². The summed E-state index contributed by atoms with van der Waals surface area (Å²) in [6.07, 6.45) is 3.43. The molecular weight excluding hydrogens is 340 g/mol. The highest BCUT2D eigenvalue weighted by Crippen LogP contribution is 2.33. The summed E-state index contributed by atoms with van der Waals surface area (Å²) in [7, 11) is 0. The highest BCUT2D eigenvalue weighted by Gasteiger charge is 2.28. The zero-order chi connectivity index (χ0) is 19.0. The molecule has 1 aromatic carbocycles. The van der Waals surface area contributed by atoms with Crippen molar-refractivity contribution >= 4 is 5.82 Å². The number of hydrogen-bond donors (Lipinski definition) is 1. The van der Waals surface area contributed by atoms with Crippen LogP contribution in [0.1, 0.15) is 49.2 Å². The number of ether oxygens (including phenoxy) is 1. The van der Waals surface area contributed by atoms with Gasteiger partial charge in [0.2, 0.25) is 0 Å². The second-order valence-electron chi connectivity index (χ2n) is 8.15. The minimum atomic E-state index is -0.365. The number of fused-ring (bicyclic) bond motifs is 1. The molecule has 3 heterocycles. The number of nitriles is 1. The minimum Gasteiger partial charge on any atom is -0.493 e. The lowest BCUT2D eigenvalue weighted by atomic mass is 9.82. The fourth-order valence-electron chi connectivity index (χ4n) is 3.85. The fraction of sp³-hybridized carbons (Fsp3) is 0.476. The van der Waals surface area contributed by atoms with E-state index in [0.717, 1.165) is 43.7 Å². The molecule has 140 valence electrons. The van der Waals surface area contributed by atoms with Crippen molar-refractivity contribution in [1.29, 1.82) is 5.26 Å². The monoisotopic (exact) mass is 364 g/mol. The Labute approximate surface area is 158 Å². The van der Waals surface area contributed by atoms with Gasteiger partial charge in [0, 0.05) is 31.5 Å². The van der Waals surface area contributed by atoms with E-state index in [2.05, 4.69) is 34.8 Å². The summed E-state index contributed by atoms with van der Waals surface area (Å²) in [5.74, 6) is 1.99. The van der Waals surface area contributed by atoms with Gasteiger partial charge in [-0.15, -0.1) is 0 Å². The summed E-state index contributed by atoms with van der Waals surface area (Å²) >= 11 is 0. The molecule has 1 saturated heterocycles. The molecule has 0 spiro atoms. The number of nitrogens with one attached hydrogen (secondary N) is 1. The molecule has 4 rings (SSSR count).